The van der Waals surface area contributed by atoms with Crippen molar-refractivity contribution in [3.05, 3.63) is 40.3 Å². The number of benzene rings is 1. The summed E-state index contributed by atoms with van der Waals surface area (Å²) in [6, 6.07) is 6.59. The van der Waals surface area contributed by atoms with Gasteiger partial charge in [0.2, 0.25) is 0 Å². The number of fused-ring (bicyclic) bond motifs is 1. The lowest BCUT2D eigenvalue weighted by molar-refractivity contribution is -0.148. The first-order chi connectivity index (χ1) is 8.48. The lowest BCUT2D eigenvalue weighted by Gasteiger charge is -2.06. The third-order valence-corrected chi connectivity index (χ3v) is 3.29. The fourth-order valence-electron chi connectivity index (χ4n) is 2.28. The molecule has 0 saturated heterocycles. The van der Waals surface area contributed by atoms with Gasteiger partial charge in [-0.15, -0.1) is 0 Å². The lowest BCUT2D eigenvalue weighted by Crippen LogP contribution is -2.14. The van der Waals surface area contributed by atoms with Gasteiger partial charge in [-0.3, -0.25) is 4.79 Å². The lowest BCUT2D eigenvalue weighted by atomic mass is 10.1. The Bertz CT molecular complexity index is 662. The van der Waals surface area contributed by atoms with E-state index in [9.17, 15) is 18.0 Å². The van der Waals surface area contributed by atoms with E-state index < -0.39 is 18.0 Å². The van der Waals surface area contributed by atoms with Gasteiger partial charge in [0.15, 0.2) is 0 Å². The van der Waals surface area contributed by atoms with E-state index in [1.165, 1.54) is 0 Å². The summed E-state index contributed by atoms with van der Waals surface area (Å²) in [5, 5.41) is 6.95. The highest BCUT2D eigenvalue weighted by Crippen LogP contribution is 2.56. The van der Waals surface area contributed by atoms with Crippen molar-refractivity contribution >= 4 is 10.8 Å². The summed E-state index contributed by atoms with van der Waals surface area (Å²) in [5.41, 5.74) is -0.0360. The number of halogens is 3. The van der Waals surface area contributed by atoms with Crippen LogP contribution in [0, 0.1) is 5.92 Å². The van der Waals surface area contributed by atoms with E-state index >= 15 is 0 Å². The molecule has 1 N–H and O–H groups in total. The third kappa shape index (κ3) is 1.68. The number of alkyl halides is 3. The Hall–Kier alpha value is -1.85. The van der Waals surface area contributed by atoms with Gasteiger partial charge in [0, 0.05) is 11.3 Å². The highest BCUT2D eigenvalue weighted by molar-refractivity contribution is 5.84. The molecule has 0 aliphatic heterocycles. The largest absolute Gasteiger partial charge is 0.392 e. The average molecular weight is 254 g/mol. The molecular weight excluding hydrogens is 245 g/mol. The van der Waals surface area contributed by atoms with E-state index in [0.29, 0.717) is 16.5 Å². The first-order valence-corrected chi connectivity index (χ1v) is 5.52. The molecule has 1 aromatic heterocycles. The fourth-order valence-corrected chi connectivity index (χ4v) is 2.28. The van der Waals surface area contributed by atoms with Crippen molar-refractivity contribution in [2.75, 3.05) is 0 Å². The Morgan fingerprint density at radius 3 is 2.50 bits per heavy atom. The van der Waals surface area contributed by atoms with Crippen LogP contribution >= 0.6 is 0 Å². The molecular formula is C12H9F3N2O. The summed E-state index contributed by atoms with van der Waals surface area (Å²) in [6.45, 7) is 0. The van der Waals surface area contributed by atoms with Crippen LogP contribution in [0.15, 0.2) is 29.1 Å². The van der Waals surface area contributed by atoms with Gasteiger partial charge in [-0.05, 0) is 12.5 Å². The molecule has 3 rings (SSSR count). The Morgan fingerprint density at radius 2 is 1.89 bits per heavy atom. The molecule has 1 saturated carbocycles. The Balaban J connectivity index is 2.10. The van der Waals surface area contributed by atoms with Gasteiger partial charge in [0.1, 0.15) is 0 Å². The quantitative estimate of drug-likeness (QED) is 0.850. The normalized spacial score (nSPS) is 23.3. The molecule has 0 spiro atoms. The minimum atomic E-state index is -4.19. The standard InChI is InChI=1S/C12H9F3N2O/c13-12(14,15)9-5-8(9)10-6-3-1-2-4-7(6)11(18)17-16-10/h1-4,8-9H,5H2,(H,17,18). The predicted octanol–water partition coefficient (Wildman–Crippen LogP) is 2.59. The van der Waals surface area contributed by atoms with Crippen LogP contribution in [0.5, 0.6) is 0 Å². The van der Waals surface area contributed by atoms with E-state index in [-0.39, 0.29) is 12.0 Å². The van der Waals surface area contributed by atoms with Crippen LogP contribution in [0.4, 0.5) is 13.2 Å². The van der Waals surface area contributed by atoms with Gasteiger partial charge in [0.25, 0.3) is 5.56 Å². The third-order valence-electron chi connectivity index (χ3n) is 3.29. The zero-order valence-electron chi connectivity index (χ0n) is 9.16. The SMILES string of the molecule is O=c1[nH]nc(C2CC2C(F)(F)F)c2ccccc12. The van der Waals surface area contributed by atoms with Crippen LogP contribution in [-0.4, -0.2) is 16.4 Å². The van der Waals surface area contributed by atoms with Gasteiger partial charge in [-0.2, -0.15) is 18.3 Å². The monoisotopic (exact) mass is 254 g/mol. The molecule has 2 atom stereocenters. The van der Waals surface area contributed by atoms with Gasteiger partial charge in [0.05, 0.1) is 17.0 Å². The Labute approximate surface area is 99.6 Å². The van der Waals surface area contributed by atoms with Crippen molar-refractivity contribution in [3.63, 3.8) is 0 Å². The average Bonchev–Trinajstić information content (AvgIpc) is 3.09. The summed E-state index contributed by atoms with van der Waals surface area (Å²) in [5.74, 6) is -1.97. The molecule has 94 valence electrons. The second-order valence-electron chi connectivity index (χ2n) is 4.47. The molecule has 18 heavy (non-hydrogen) atoms. The second-order valence-corrected chi connectivity index (χ2v) is 4.47. The molecule has 0 bridgehead atoms. The fraction of sp³-hybridized carbons (Fsp3) is 0.333. The van der Waals surface area contributed by atoms with Gasteiger partial charge in [-0.1, -0.05) is 18.2 Å². The van der Waals surface area contributed by atoms with E-state index in [1.807, 2.05) is 0 Å². The van der Waals surface area contributed by atoms with Gasteiger partial charge < -0.3 is 0 Å². The van der Waals surface area contributed by atoms with Gasteiger partial charge in [-0.25, -0.2) is 5.10 Å². The summed E-state index contributed by atoms with van der Waals surface area (Å²) in [6.07, 6.45) is -4.14. The number of aromatic nitrogens is 2. The smallest absolute Gasteiger partial charge is 0.267 e. The second kappa shape index (κ2) is 3.57. The van der Waals surface area contributed by atoms with Crippen molar-refractivity contribution in [2.45, 2.75) is 18.5 Å². The van der Waals surface area contributed by atoms with E-state index in [2.05, 4.69) is 10.2 Å². The number of hydrogen-bond acceptors (Lipinski definition) is 2. The molecule has 6 heteroatoms. The first kappa shape index (κ1) is 11.3. The van der Waals surface area contributed by atoms with E-state index in [4.69, 9.17) is 0 Å². The molecule has 1 aromatic carbocycles. The number of nitrogens with one attached hydrogen (secondary N) is 1. The van der Waals surface area contributed by atoms with Crippen LogP contribution < -0.4 is 5.56 Å². The van der Waals surface area contributed by atoms with Crippen molar-refractivity contribution in [1.29, 1.82) is 0 Å². The number of H-pyrrole nitrogens is 1. The molecule has 2 unspecified atom stereocenters. The molecule has 1 aliphatic rings. The number of aromatic amines is 1. The maximum Gasteiger partial charge on any atom is 0.392 e. The highest BCUT2D eigenvalue weighted by Gasteiger charge is 2.57. The minimum Gasteiger partial charge on any atom is -0.267 e. The predicted molar refractivity (Wildman–Crippen MR) is 59.3 cm³/mol. The topological polar surface area (TPSA) is 45.8 Å². The van der Waals surface area contributed by atoms with E-state index in [0.717, 1.165) is 0 Å². The molecule has 1 aliphatic carbocycles. The molecule has 2 aromatic rings. The van der Waals surface area contributed by atoms with Crippen LogP contribution in [0.3, 0.4) is 0 Å². The summed E-state index contributed by atoms with van der Waals surface area (Å²) in [4.78, 5) is 11.5. The Morgan fingerprint density at radius 1 is 1.22 bits per heavy atom. The highest BCUT2D eigenvalue weighted by atomic mass is 19.4. The zero-order chi connectivity index (χ0) is 12.9. The number of hydrogen-bond donors (Lipinski definition) is 1. The van der Waals surface area contributed by atoms with Crippen molar-refractivity contribution < 1.29 is 13.2 Å². The van der Waals surface area contributed by atoms with Gasteiger partial charge >= 0.3 is 6.18 Å². The summed E-state index contributed by atoms with van der Waals surface area (Å²) in [7, 11) is 0. The molecule has 1 heterocycles. The molecule has 0 radical (unpaired) electrons. The molecule has 3 nitrogen and oxygen atoms in total. The van der Waals surface area contributed by atoms with Crippen LogP contribution in [0.2, 0.25) is 0 Å². The number of nitrogens with zero attached hydrogens (tertiary/aromatic N) is 1. The molecule has 1 fully saturated rings. The van der Waals surface area contributed by atoms with Crippen molar-refractivity contribution in [1.82, 2.24) is 10.2 Å². The molecule has 0 amide bonds. The minimum absolute atomic E-state index is 0.0482. The van der Waals surface area contributed by atoms with Crippen molar-refractivity contribution in [3.8, 4) is 0 Å². The van der Waals surface area contributed by atoms with E-state index in [1.54, 1.807) is 24.3 Å². The summed E-state index contributed by atoms with van der Waals surface area (Å²) >= 11 is 0. The number of rotatable bonds is 1. The zero-order valence-corrected chi connectivity index (χ0v) is 9.16. The van der Waals surface area contributed by atoms with Crippen LogP contribution in [-0.2, 0) is 0 Å². The maximum atomic E-state index is 12.6. The maximum absolute atomic E-state index is 12.6. The van der Waals surface area contributed by atoms with Crippen LogP contribution in [0.25, 0.3) is 10.8 Å². The first-order valence-electron chi connectivity index (χ1n) is 5.52. The van der Waals surface area contributed by atoms with Crippen molar-refractivity contribution in [2.24, 2.45) is 5.92 Å². The Kier molecular flexibility index (Phi) is 2.23. The summed E-state index contributed by atoms with van der Waals surface area (Å²) < 4.78 is 37.7. The van der Waals surface area contributed by atoms with Crippen LogP contribution in [0.1, 0.15) is 18.0 Å².